The van der Waals surface area contributed by atoms with E-state index in [1.807, 2.05) is 6.07 Å². The molecule has 40 heavy (non-hydrogen) atoms. The van der Waals surface area contributed by atoms with Crippen molar-refractivity contribution in [3.05, 3.63) is 84.7 Å². The van der Waals surface area contributed by atoms with Gasteiger partial charge in [0.1, 0.15) is 23.9 Å². The molecule has 4 aromatic rings. The zero-order chi connectivity index (χ0) is 28.9. The van der Waals surface area contributed by atoms with E-state index in [0.717, 1.165) is 18.1 Å². The molecule has 0 bridgehead atoms. The molecule has 0 aliphatic heterocycles. The molecular weight excluding hydrogens is 558 g/mol. The van der Waals surface area contributed by atoms with Crippen molar-refractivity contribution in [2.24, 2.45) is 0 Å². The Balaban J connectivity index is 1.73. The Morgan fingerprint density at radius 2 is 1.25 bits per heavy atom. The van der Waals surface area contributed by atoms with Gasteiger partial charge >= 0.3 is 20.2 Å². The predicted octanol–water partition coefficient (Wildman–Crippen LogP) is 4.69. The van der Waals surface area contributed by atoms with Crippen molar-refractivity contribution in [1.82, 2.24) is 4.98 Å². The first-order chi connectivity index (χ1) is 19.0. The first-order valence-electron chi connectivity index (χ1n) is 11.8. The zero-order valence-corrected chi connectivity index (χ0v) is 23.8. The first-order valence-corrected chi connectivity index (χ1v) is 15.4. The van der Waals surface area contributed by atoms with E-state index in [2.05, 4.69) is 4.98 Å². The molecule has 4 rings (SSSR count). The minimum absolute atomic E-state index is 0.00231. The summed E-state index contributed by atoms with van der Waals surface area (Å²) >= 11 is 0. The largest absolute Gasteiger partial charge is 0.496 e. The lowest BCUT2D eigenvalue weighted by Crippen LogP contribution is -2.08. The van der Waals surface area contributed by atoms with Gasteiger partial charge in [-0.25, -0.2) is 0 Å². The maximum atomic E-state index is 12.0. The van der Waals surface area contributed by atoms with Crippen molar-refractivity contribution in [2.75, 3.05) is 26.7 Å². The van der Waals surface area contributed by atoms with E-state index < -0.39 is 20.2 Å². The van der Waals surface area contributed by atoms with E-state index in [9.17, 15) is 16.8 Å². The van der Waals surface area contributed by atoms with Crippen LogP contribution in [0.5, 0.6) is 28.7 Å². The van der Waals surface area contributed by atoms with Crippen molar-refractivity contribution >= 4 is 20.2 Å². The Bertz CT molecular complexity index is 1710. The van der Waals surface area contributed by atoms with Gasteiger partial charge in [-0.2, -0.15) is 16.8 Å². The molecule has 1 aromatic heterocycles. The molecule has 0 aliphatic carbocycles. The maximum Gasteiger partial charge on any atom is 0.306 e. The number of nitrogens with zero attached hydrogens (tertiary/aromatic N) is 1. The third-order valence-corrected chi connectivity index (χ3v) is 6.51. The molecule has 0 aliphatic rings. The minimum atomic E-state index is -3.87. The number of pyridine rings is 1. The van der Waals surface area contributed by atoms with E-state index in [4.69, 9.17) is 22.6 Å². The number of benzene rings is 3. The van der Waals surface area contributed by atoms with Crippen molar-refractivity contribution < 1.29 is 39.4 Å². The molecule has 12 heteroatoms. The summed E-state index contributed by atoms with van der Waals surface area (Å²) in [6, 6.07) is 20.3. The van der Waals surface area contributed by atoms with Crippen LogP contribution in [-0.4, -0.2) is 48.6 Å². The highest BCUT2D eigenvalue weighted by Gasteiger charge is 2.19. The maximum absolute atomic E-state index is 12.0. The van der Waals surface area contributed by atoms with Crippen LogP contribution in [0.4, 0.5) is 0 Å². The third-order valence-electron chi connectivity index (χ3n) is 5.53. The minimum Gasteiger partial charge on any atom is -0.496 e. The number of hydrogen-bond acceptors (Lipinski definition) is 10. The van der Waals surface area contributed by atoms with Gasteiger partial charge in [0, 0.05) is 17.3 Å². The van der Waals surface area contributed by atoms with Crippen LogP contribution >= 0.6 is 0 Å². The lowest BCUT2D eigenvalue weighted by atomic mass is 9.97. The molecule has 10 nitrogen and oxygen atoms in total. The lowest BCUT2D eigenvalue weighted by Gasteiger charge is -2.17. The summed E-state index contributed by atoms with van der Waals surface area (Å²) in [6.07, 6.45) is 3.56. The Morgan fingerprint density at radius 3 is 1.80 bits per heavy atom. The Kier molecular flexibility index (Phi) is 8.50. The Labute approximate surface area is 233 Å². The van der Waals surface area contributed by atoms with Crippen LogP contribution in [0.3, 0.4) is 0 Å². The van der Waals surface area contributed by atoms with Crippen molar-refractivity contribution in [3.63, 3.8) is 0 Å². The molecule has 0 spiro atoms. The fourth-order valence-corrected chi connectivity index (χ4v) is 4.79. The van der Waals surface area contributed by atoms with Gasteiger partial charge < -0.3 is 22.6 Å². The monoisotopic (exact) mass is 585 g/mol. The fraction of sp³-hybridized carbons (Fsp3) is 0.179. The Morgan fingerprint density at radius 1 is 0.650 bits per heavy atom. The molecule has 0 saturated heterocycles. The SMILES string of the molecule is COc1cc(-c2ccc(OCc3ccccn3)c(OS(C)(=O)=O)c2)c(OC)cc1-c1ccc(OS(C)(=O)=O)cc1. The molecule has 0 fully saturated rings. The van der Waals surface area contributed by atoms with Crippen molar-refractivity contribution in [3.8, 4) is 51.0 Å². The second kappa shape index (κ2) is 11.8. The summed E-state index contributed by atoms with van der Waals surface area (Å²) in [7, 11) is -4.50. The number of hydrogen-bond donors (Lipinski definition) is 0. The highest BCUT2D eigenvalue weighted by molar-refractivity contribution is 7.86. The number of ether oxygens (including phenoxy) is 3. The molecule has 0 saturated carbocycles. The fourth-order valence-electron chi connectivity index (χ4n) is 3.87. The molecule has 0 unspecified atom stereocenters. The van der Waals surface area contributed by atoms with Gasteiger partial charge in [0.25, 0.3) is 0 Å². The molecule has 210 valence electrons. The van der Waals surface area contributed by atoms with Crippen LogP contribution in [-0.2, 0) is 26.8 Å². The summed E-state index contributed by atoms with van der Waals surface area (Å²) in [4.78, 5) is 4.21. The van der Waals surface area contributed by atoms with Gasteiger partial charge in [-0.1, -0.05) is 24.3 Å². The Hall–Kier alpha value is -4.29. The van der Waals surface area contributed by atoms with E-state index >= 15 is 0 Å². The van der Waals surface area contributed by atoms with Gasteiger partial charge in [-0.15, -0.1) is 0 Å². The van der Waals surface area contributed by atoms with Crippen LogP contribution < -0.4 is 22.6 Å². The summed E-state index contributed by atoms with van der Waals surface area (Å²) in [5.41, 5.74) is 3.26. The van der Waals surface area contributed by atoms with Crippen LogP contribution in [0.2, 0.25) is 0 Å². The van der Waals surface area contributed by atoms with E-state index in [0.29, 0.717) is 33.9 Å². The van der Waals surface area contributed by atoms with Crippen LogP contribution in [0.25, 0.3) is 22.3 Å². The van der Waals surface area contributed by atoms with E-state index in [-0.39, 0.29) is 23.9 Å². The summed E-state index contributed by atoms with van der Waals surface area (Å²) in [6.45, 7) is 0.111. The van der Waals surface area contributed by atoms with Crippen LogP contribution in [0, 0.1) is 0 Å². The second-order valence-electron chi connectivity index (χ2n) is 8.62. The number of methoxy groups -OCH3 is 2. The molecule has 0 atom stereocenters. The third kappa shape index (κ3) is 7.42. The van der Waals surface area contributed by atoms with Gasteiger partial charge in [-0.3, -0.25) is 4.98 Å². The molecule has 1 heterocycles. The molecule has 0 amide bonds. The zero-order valence-electron chi connectivity index (χ0n) is 22.2. The van der Waals surface area contributed by atoms with E-state index in [1.165, 1.54) is 26.4 Å². The van der Waals surface area contributed by atoms with Gasteiger partial charge in [-0.05, 0) is 59.7 Å². The van der Waals surface area contributed by atoms with Gasteiger partial charge in [0.2, 0.25) is 0 Å². The summed E-state index contributed by atoms with van der Waals surface area (Å²) in [5, 5.41) is 0. The lowest BCUT2D eigenvalue weighted by molar-refractivity contribution is 0.292. The van der Waals surface area contributed by atoms with Crippen molar-refractivity contribution in [1.29, 1.82) is 0 Å². The second-order valence-corrected chi connectivity index (χ2v) is 11.8. The molecule has 0 N–H and O–H groups in total. The van der Waals surface area contributed by atoms with Crippen LogP contribution in [0.1, 0.15) is 5.69 Å². The molecule has 0 radical (unpaired) electrons. The molecular formula is C28H27NO9S2. The first kappa shape index (κ1) is 28.7. The normalized spacial score (nSPS) is 11.5. The van der Waals surface area contributed by atoms with E-state index in [1.54, 1.807) is 60.8 Å². The number of aromatic nitrogens is 1. The standard InChI is InChI=1S/C28H27NO9S2/c1-34-26-17-24(27(35-2)16-23(26)19-8-11-22(12-9-19)37-39(3,30)31)20-10-13-25(28(15-20)38-40(4,32)33)36-18-21-7-5-6-14-29-21/h5-17H,18H2,1-4H3. The molecule has 3 aromatic carbocycles. The number of rotatable bonds is 11. The van der Waals surface area contributed by atoms with Crippen molar-refractivity contribution in [2.45, 2.75) is 6.61 Å². The summed E-state index contributed by atoms with van der Waals surface area (Å²) < 4.78 is 74.2. The topological polar surface area (TPSA) is 127 Å². The highest BCUT2D eigenvalue weighted by atomic mass is 32.2. The average molecular weight is 586 g/mol. The van der Waals surface area contributed by atoms with Gasteiger partial charge in [0.05, 0.1) is 32.4 Å². The average Bonchev–Trinajstić information content (AvgIpc) is 2.91. The van der Waals surface area contributed by atoms with Crippen LogP contribution in [0.15, 0.2) is 79.0 Å². The smallest absolute Gasteiger partial charge is 0.306 e. The predicted molar refractivity (Wildman–Crippen MR) is 150 cm³/mol. The quantitative estimate of drug-likeness (QED) is 0.229. The summed E-state index contributed by atoms with van der Waals surface area (Å²) in [5.74, 6) is 1.37. The highest BCUT2D eigenvalue weighted by Crippen LogP contribution is 2.43. The van der Waals surface area contributed by atoms with Gasteiger partial charge in [0.15, 0.2) is 11.5 Å².